The van der Waals surface area contributed by atoms with Crippen molar-refractivity contribution in [1.82, 2.24) is 25.3 Å². The molecule has 4 rings (SSSR count). The molecule has 1 aliphatic rings. The molecule has 0 radical (unpaired) electrons. The van der Waals surface area contributed by atoms with Gasteiger partial charge in [-0.1, -0.05) is 18.2 Å². The zero-order valence-corrected chi connectivity index (χ0v) is 13.3. The van der Waals surface area contributed by atoms with Crippen molar-refractivity contribution in [1.29, 1.82) is 0 Å². The number of nitrogens with one attached hydrogen (secondary N) is 1. The molecule has 3 heterocycles. The van der Waals surface area contributed by atoms with Crippen molar-refractivity contribution in [2.24, 2.45) is 0 Å². The molecule has 7 heteroatoms. The van der Waals surface area contributed by atoms with Crippen molar-refractivity contribution in [2.45, 2.75) is 12.5 Å². The number of hydrogen-bond donors (Lipinski definition) is 1. The van der Waals surface area contributed by atoms with Gasteiger partial charge >= 0.3 is 0 Å². The second kappa shape index (κ2) is 6.64. The molecule has 0 unspecified atom stereocenters. The Morgan fingerprint density at radius 2 is 2.04 bits per heavy atom. The summed E-state index contributed by atoms with van der Waals surface area (Å²) in [6, 6.07) is 6.01. The van der Waals surface area contributed by atoms with Gasteiger partial charge in [-0.2, -0.15) is 0 Å². The van der Waals surface area contributed by atoms with Crippen LogP contribution in [0.2, 0.25) is 0 Å². The highest BCUT2D eigenvalue weighted by Crippen LogP contribution is 2.38. The van der Waals surface area contributed by atoms with Crippen molar-refractivity contribution < 1.29 is 9.53 Å². The first-order chi connectivity index (χ1) is 12.3. The van der Waals surface area contributed by atoms with Crippen LogP contribution in [0.15, 0.2) is 55.5 Å². The van der Waals surface area contributed by atoms with E-state index in [0.717, 1.165) is 28.9 Å². The van der Waals surface area contributed by atoms with Crippen molar-refractivity contribution in [2.75, 3.05) is 6.54 Å². The summed E-state index contributed by atoms with van der Waals surface area (Å²) >= 11 is 0. The molecular formula is C18H15N5O2. The lowest BCUT2D eigenvalue weighted by Crippen LogP contribution is -2.34. The van der Waals surface area contributed by atoms with Gasteiger partial charge < -0.3 is 10.1 Å². The minimum Gasteiger partial charge on any atom is -0.487 e. The van der Waals surface area contributed by atoms with Crippen LogP contribution in [0.25, 0.3) is 11.1 Å². The van der Waals surface area contributed by atoms with Crippen LogP contribution in [-0.2, 0) is 6.42 Å². The molecule has 1 aliphatic heterocycles. The standard InChI is InChI=1S/C18H15N5O2/c24-18(16-10-19-4-5-22-16)23-9-14-6-12-2-1-3-15(17(12)25-14)13-7-20-11-21-8-13/h1-5,7-8,10-11,14H,6,9H2,(H,23,24)/t14-/m1/s1. The SMILES string of the molecule is O=C(NC[C@H]1Cc2cccc(-c3cncnc3)c2O1)c1cnccn1. The molecule has 0 spiro atoms. The molecule has 25 heavy (non-hydrogen) atoms. The summed E-state index contributed by atoms with van der Waals surface area (Å²) in [7, 11) is 0. The summed E-state index contributed by atoms with van der Waals surface area (Å²) in [6.07, 6.45) is 10.1. The van der Waals surface area contributed by atoms with Crippen LogP contribution < -0.4 is 10.1 Å². The number of amides is 1. The number of carbonyl (C=O) groups is 1. The van der Waals surface area contributed by atoms with Crippen molar-refractivity contribution >= 4 is 5.91 Å². The number of benzene rings is 1. The van der Waals surface area contributed by atoms with E-state index in [4.69, 9.17) is 4.74 Å². The molecule has 0 bridgehead atoms. The smallest absolute Gasteiger partial charge is 0.271 e. The predicted molar refractivity (Wildman–Crippen MR) is 90.0 cm³/mol. The van der Waals surface area contributed by atoms with Crippen LogP contribution >= 0.6 is 0 Å². The van der Waals surface area contributed by atoms with E-state index in [-0.39, 0.29) is 12.0 Å². The Kier molecular flexibility index (Phi) is 4.04. The average Bonchev–Trinajstić information content (AvgIpc) is 3.10. The minimum atomic E-state index is -0.260. The first-order valence-electron chi connectivity index (χ1n) is 7.89. The van der Waals surface area contributed by atoms with Gasteiger partial charge in [0.25, 0.3) is 5.91 Å². The molecule has 7 nitrogen and oxygen atoms in total. The second-order valence-electron chi connectivity index (χ2n) is 5.67. The molecule has 0 fully saturated rings. The summed E-state index contributed by atoms with van der Waals surface area (Å²) in [5.41, 5.74) is 3.27. The third-order valence-corrected chi connectivity index (χ3v) is 3.99. The van der Waals surface area contributed by atoms with Gasteiger partial charge in [-0.25, -0.2) is 15.0 Å². The molecule has 0 saturated heterocycles. The summed E-state index contributed by atoms with van der Waals surface area (Å²) in [4.78, 5) is 28.1. The van der Waals surface area contributed by atoms with Crippen LogP contribution in [0.3, 0.4) is 0 Å². The summed E-state index contributed by atoms with van der Waals surface area (Å²) in [5, 5.41) is 2.84. The first-order valence-corrected chi connectivity index (χ1v) is 7.89. The van der Waals surface area contributed by atoms with Gasteiger partial charge in [-0.3, -0.25) is 9.78 Å². The summed E-state index contributed by atoms with van der Waals surface area (Å²) in [5.74, 6) is 0.570. The van der Waals surface area contributed by atoms with Gasteiger partial charge in [-0.15, -0.1) is 0 Å². The molecule has 1 atom stereocenters. The molecule has 124 valence electrons. The number of fused-ring (bicyclic) bond motifs is 1. The van der Waals surface area contributed by atoms with Crippen LogP contribution in [-0.4, -0.2) is 38.5 Å². The van der Waals surface area contributed by atoms with Gasteiger partial charge in [0.1, 0.15) is 23.9 Å². The van der Waals surface area contributed by atoms with E-state index >= 15 is 0 Å². The first kappa shape index (κ1) is 15.2. The van der Waals surface area contributed by atoms with Crippen LogP contribution in [0.1, 0.15) is 16.1 Å². The molecule has 0 aliphatic carbocycles. The zero-order chi connectivity index (χ0) is 17.1. The minimum absolute atomic E-state index is 0.124. The van der Waals surface area contributed by atoms with E-state index in [2.05, 4.69) is 25.3 Å². The van der Waals surface area contributed by atoms with Gasteiger partial charge in [0.15, 0.2) is 0 Å². The zero-order valence-electron chi connectivity index (χ0n) is 13.3. The lowest BCUT2D eigenvalue weighted by molar-refractivity contribution is 0.0928. The fourth-order valence-corrected chi connectivity index (χ4v) is 2.83. The van der Waals surface area contributed by atoms with Crippen LogP contribution in [0.4, 0.5) is 0 Å². The van der Waals surface area contributed by atoms with E-state index in [0.29, 0.717) is 12.2 Å². The van der Waals surface area contributed by atoms with E-state index in [1.54, 1.807) is 12.4 Å². The van der Waals surface area contributed by atoms with Crippen molar-refractivity contribution in [3.05, 3.63) is 66.8 Å². The van der Waals surface area contributed by atoms with Gasteiger partial charge in [-0.05, 0) is 5.56 Å². The Labute approximate surface area is 144 Å². The molecule has 1 N–H and O–H groups in total. The Balaban J connectivity index is 1.46. The fraction of sp³-hybridized carbons (Fsp3) is 0.167. The average molecular weight is 333 g/mol. The maximum absolute atomic E-state index is 12.1. The Morgan fingerprint density at radius 3 is 2.84 bits per heavy atom. The molecular weight excluding hydrogens is 318 g/mol. The predicted octanol–water partition coefficient (Wildman–Crippen LogP) is 1.67. The summed E-state index contributed by atoms with van der Waals surface area (Å²) < 4.78 is 6.07. The number of para-hydroxylation sites is 1. The Bertz CT molecular complexity index is 886. The van der Waals surface area contributed by atoms with Gasteiger partial charge in [0.05, 0.1) is 12.7 Å². The van der Waals surface area contributed by atoms with Gasteiger partial charge in [0.2, 0.25) is 0 Å². The maximum Gasteiger partial charge on any atom is 0.271 e. The maximum atomic E-state index is 12.1. The molecule has 1 aromatic carbocycles. The van der Waals surface area contributed by atoms with E-state index in [1.165, 1.54) is 24.9 Å². The largest absolute Gasteiger partial charge is 0.487 e. The third kappa shape index (κ3) is 3.16. The lowest BCUT2D eigenvalue weighted by atomic mass is 10.0. The highest BCUT2D eigenvalue weighted by molar-refractivity contribution is 5.91. The molecule has 3 aromatic rings. The molecule has 0 saturated carbocycles. The Morgan fingerprint density at radius 1 is 1.16 bits per heavy atom. The van der Waals surface area contributed by atoms with E-state index in [9.17, 15) is 4.79 Å². The highest BCUT2D eigenvalue weighted by atomic mass is 16.5. The molecule has 2 aromatic heterocycles. The monoisotopic (exact) mass is 333 g/mol. The van der Waals surface area contributed by atoms with Crippen LogP contribution in [0.5, 0.6) is 5.75 Å². The number of nitrogens with zero attached hydrogens (tertiary/aromatic N) is 4. The normalized spacial score (nSPS) is 15.3. The number of aromatic nitrogens is 4. The number of ether oxygens (including phenoxy) is 1. The van der Waals surface area contributed by atoms with Crippen molar-refractivity contribution in [3.63, 3.8) is 0 Å². The van der Waals surface area contributed by atoms with E-state index < -0.39 is 0 Å². The van der Waals surface area contributed by atoms with Gasteiger partial charge in [0, 0.05) is 42.3 Å². The summed E-state index contributed by atoms with van der Waals surface area (Å²) in [6.45, 7) is 0.398. The lowest BCUT2D eigenvalue weighted by Gasteiger charge is -2.13. The topological polar surface area (TPSA) is 89.9 Å². The quantitative estimate of drug-likeness (QED) is 0.781. The Hall–Kier alpha value is -3.35. The number of rotatable bonds is 4. The van der Waals surface area contributed by atoms with Crippen LogP contribution in [0, 0.1) is 0 Å². The third-order valence-electron chi connectivity index (χ3n) is 3.99. The van der Waals surface area contributed by atoms with E-state index in [1.807, 2.05) is 18.2 Å². The molecule has 1 amide bonds. The highest BCUT2D eigenvalue weighted by Gasteiger charge is 2.26. The number of carbonyl (C=O) groups excluding carboxylic acids is 1. The second-order valence-corrected chi connectivity index (χ2v) is 5.67. The fourth-order valence-electron chi connectivity index (χ4n) is 2.83. The number of hydrogen-bond acceptors (Lipinski definition) is 6. The van der Waals surface area contributed by atoms with Crippen molar-refractivity contribution in [3.8, 4) is 16.9 Å².